The lowest BCUT2D eigenvalue weighted by molar-refractivity contribution is 0.151. The van der Waals surface area contributed by atoms with Crippen LogP contribution in [0.2, 0.25) is 0 Å². The van der Waals surface area contributed by atoms with Crippen LogP contribution in [-0.2, 0) is 4.74 Å². The quantitative estimate of drug-likeness (QED) is 0.771. The highest BCUT2D eigenvalue weighted by molar-refractivity contribution is 4.83. The second-order valence-corrected chi connectivity index (χ2v) is 5.20. The van der Waals surface area contributed by atoms with Crippen molar-refractivity contribution in [3.63, 3.8) is 0 Å². The molecule has 2 heteroatoms. The smallest absolute Gasteiger partial charge is 0.0497 e. The minimum absolute atomic E-state index is 0.796. The maximum absolute atomic E-state index is 5.51. The van der Waals surface area contributed by atoms with Crippen LogP contribution < -0.4 is 5.32 Å². The van der Waals surface area contributed by atoms with E-state index < -0.39 is 0 Å². The Bertz CT molecular complexity index is 177. The molecule has 88 valence electrons. The van der Waals surface area contributed by atoms with Gasteiger partial charge in [0.15, 0.2) is 0 Å². The van der Waals surface area contributed by atoms with Gasteiger partial charge in [-0.3, -0.25) is 0 Å². The Morgan fingerprint density at radius 3 is 2.87 bits per heavy atom. The number of nitrogens with one attached hydrogen (secondary N) is 1. The molecule has 1 saturated carbocycles. The van der Waals surface area contributed by atoms with Gasteiger partial charge in [0.25, 0.3) is 0 Å². The summed E-state index contributed by atoms with van der Waals surface area (Å²) in [5, 5.41) is 3.68. The first kappa shape index (κ1) is 11.4. The zero-order valence-corrected chi connectivity index (χ0v) is 10.0. The summed E-state index contributed by atoms with van der Waals surface area (Å²) in [6.07, 6.45) is 8.22. The second-order valence-electron chi connectivity index (χ2n) is 5.20. The van der Waals surface area contributed by atoms with E-state index in [1.807, 2.05) is 0 Å². The SMILES string of the molecule is CCCNC1CCCC(C2CCOC2)C1. The Hall–Kier alpha value is -0.0800. The predicted molar refractivity (Wildman–Crippen MR) is 63.0 cm³/mol. The van der Waals surface area contributed by atoms with E-state index in [2.05, 4.69) is 12.2 Å². The van der Waals surface area contributed by atoms with Gasteiger partial charge in [0.1, 0.15) is 0 Å². The maximum Gasteiger partial charge on any atom is 0.0497 e. The van der Waals surface area contributed by atoms with Crippen LogP contribution in [-0.4, -0.2) is 25.8 Å². The Morgan fingerprint density at radius 1 is 1.20 bits per heavy atom. The van der Waals surface area contributed by atoms with Gasteiger partial charge in [-0.2, -0.15) is 0 Å². The number of hydrogen-bond donors (Lipinski definition) is 1. The van der Waals surface area contributed by atoms with Crippen molar-refractivity contribution in [2.24, 2.45) is 11.8 Å². The number of ether oxygens (including phenoxy) is 1. The zero-order valence-electron chi connectivity index (χ0n) is 10.0. The number of rotatable bonds is 4. The van der Waals surface area contributed by atoms with E-state index in [0.29, 0.717) is 0 Å². The Kier molecular flexibility index (Phi) is 4.45. The highest BCUT2D eigenvalue weighted by Gasteiger charge is 2.30. The fourth-order valence-electron chi connectivity index (χ4n) is 3.11. The minimum atomic E-state index is 0.796. The molecule has 2 fully saturated rings. The van der Waals surface area contributed by atoms with Crippen LogP contribution in [0.4, 0.5) is 0 Å². The van der Waals surface area contributed by atoms with Gasteiger partial charge in [-0.05, 0) is 50.5 Å². The monoisotopic (exact) mass is 211 g/mol. The van der Waals surface area contributed by atoms with Crippen molar-refractivity contribution < 1.29 is 4.74 Å². The standard InChI is InChI=1S/C13H25NO/c1-2-7-14-13-5-3-4-11(9-13)12-6-8-15-10-12/h11-14H,2-10H2,1H3. The van der Waals surface area contributed by atoms with E-state index in [-0.39, 0.29) is 0 Å². The molecule has 0 aromatic rings. The van der Waals surface area contributed by atoms with Crippen molar-refractivity contribution >= 4 is 0 Å². The van der Waals surface area contributed by atoms with Gasteiger partial charge >= 0.3 is 0 Å². The molecule has 0 radical (unpaired) electrons. The zero-order chi connectivity index (χ0) is 10.5. The lowest BCUT2D eigenvalue weighted by atomic mass is 9.77. The maximum atomic E-state index is 5.51. The topological polar surface area (TPSA) is 21.3 Å². The molecule has 2 rings (SSSR count). The van der Waals surface area contributed by atoms with Crippen LogP contribution in [0.3, 0.4) is 0 Å². The molecule has 3 atom stereocenters. The van der Waals surface area contributed by atoms with Crippen molar-refractivity contribution in [1.29, 1.82) is 0 Å². The van der Waals surface area contributed by atoms with Gasteiger partial charge in [-0.15, -0.1) is 0 Å². The summed E-state index contributed by atoms with van der Waals surface area (Å²) in [6, 6.07) is 0.796. The molecule has 1 saturated heterocycles. The largest absolute Gasteiger partial charge is 0.381 e. The average molecular weight is 211 g/mol. The first-order valence-electron chi connectivity index (χ1n) is 6.71. The molecule has 0 bridgehead atoms. The lowest BCUT2D eigenvalue weighted by Crippen LogP contribution is -2.36. The first-order valence-corrected chi connectivity index (χ1v) is 6.71. The van der Waals surface area contributed by atoms with E-state index in [4.69, 9.17) is 4.74 Å². The van der Waals surface area contributed by atoms with Crippen LogP contribution in [0.25, 0.3) is 0 Å². The van der Waals surface area contributed by atoms with E-state index in [9.17, 15) is 0 Å². The second kappa shape index (κ2) is 5.86. The van der Waals surface area contributed by atoms with Crippen LogP contribution in [0.5, 0.6) is 0 Å². The van der Waals surface area contributed by atoms with Gasteiger partial charge in [-0.1, -0.05) is 13.3 Å². The minimum Gasteiger partial charge on any atom is -0.381 e. The Morgan fingerprint density at radius 2 is 2.13 bits per heavy atom. The third-order valence-electron chi connectivity index (χ3n) is 4.03. The van der Waals surface area contributed by atoms with E-state index in [1.54, 1.807) is 0 Å². The van der Waals surface area contributed by atoms with E-state index in [0.717, 1.165) is 31.1 Å². The molecule has 0 aromatic carbocycles. The molecular formula is C13H25NO. The summed E-state index contributed by atoms with van der Waals surface area (Å²) in [6.45, 7) is 5.48. The molecule has 0 aromatic heterocycles. The summed E-state index contributed by atoms with van der Waals surface area (Å²) in [5.41, 5.74) is 0. The molecular weight excluding hydrogens is 186 g/mol. The van der Waals surface area contributed by atoms with Gasteiger partial charge in [-0.25, -0.2) is 0 Å². The summed E-state index contributed by atoms with van der Waals surface area (Å²) in [4.78, 5) is 0. The highest BCUT2D eigenvalue weighted by atomic mass is 16.5. The van der Waals surface area contributed by atoms with Crippen molar-refractivity contribution in [1.82, 2.24) is 5.32 Å². The third-order valence-corrected chi connectivity index (χ3v) is 4.03. The summed E-state index contributed by atoms with van der Waals surface area (Å²) < 4.78 is 5.51. The molecule has 0 spiro atoms. The normalized spacial score (nSPS) is 37.0. The Labute approximate surface area is 93.8 Å². The van der Waals surface area contributed by atoms with Gasteiger partial charge in [0.2, 0.25) is 0 Å². The van der Waals surface area contributed by atoms with Crippen LogP contribution in [0.1, 0.15) is 45.4 Å². The van der Waals surface area contributed by atoms with Gasteiger partial charge in [0.05, 0.1) is 0 Å². The lowest BCUT2D eigenvalue weighted by Gasteiger charge is -2.32. The summed E-state index contributed by atoms with van der Waals surface area (Å²) in [7, 11) is 0. The molecule has 1 aliphatic heterocycles. The van der Waals surface area contributed by atoms with E-state index in [1.165, 1.54) is 45.1 Å². The highest BCUT2D eigenvalue weighted by Crippen LogP contribution is 2.34. The van der Waals surface area contributed by atoms with Crippen LogP contribution >= 0.6 is 0 Å². The van der Waals surface area contributed by atoms with Crippen molar-refractivity contribution in [2.45, 2.75) is 51.5 Å². The molecule has 0 amide bonds. The molecule has 1 aliphatic carbocycles. The predicted octanol–water partition coefficient (Wildman–Crippen LogP) is 2.58. The fourth-order valence-corrected chi connectivity index (χ4v) is 3.11. The molecule has 15 heavy (non-hydrogen) atoms. The van der Waals surface area contributed by atoms with Crippen LogP contribution in [0.15, 0.2) is 0 Å². The van der Waals surface area contributed by atoms with Crippen molar-refractivity contribution in [2.75, 3.05) is 19.8 Å². The molecule has 3 unspecified atom stereocenters. The van der Waals surface area contributed by atoms with Gasteiger partial charge < -0.3 is 10.1 Å². The van der Waals surface area contributed by atoms with E-state index >= 15 is 0 Å². The van der Waals surface area contributed by atoms with Crippen molar-refractivity contribution in [3.8, 4) is 0 Å². The third kappa shape index (κ3) is 3.18. The Balaban J connectivity index is 1.75. The molecule has 2 aliphatic rings. The van der Waals surface area contributed by atoms with Gasteiger partial charge in [0, 0.05) is 19.3 Å². The van der Waals surface area contributed by atoms with Crippen LogP contribution in [0, 0.1) is 11.8 Å². The summed E-state index contributed by atoms with van der Waals surface area (Å²) in [5.74, 6) is 1.81. The average Bonchev–Trinajstić information content (AvgIpc) is 2.80. The fraction of sp³-hybridized carbons (Fsp3) is 1.00. The molecule has 1 heterocycles. The molecule has 2 nitrogen and oxygen atoms in total. The first-order chi connectivity index (χ1) is 7.40. The van der Waals surface area contributed by atoms with Crippen molar-refractivity contribution in [3.05, 3.63) is 0 Å². The molecule has 1 N–H and O–H groups in total. The number of hydrogen-bond acceptors (Lipinski definition) is 2. The summed E-state index contributed by atoms with van der Waals surface area (Å²) >= 11 is 0.